The van der Waals surface area contributed by atoms with Crippen LogP contribution in [0.1, 0.15) is 38.5 Å². The summed E-state index contributed by atoms with van der Waals surface area (Å²) >= 11 is 0. The lowest BCUT2D eigenvalue weighted by Gasteiger charge is -2.29. The number of hydrogen-bond acceptors (Lipinski definition) is 8. The van der Waals surface area contributed by atoms with Crippen molar-refractivity contribution in [3.05, 3.63) is 0 Å². The van der Waals surface area contributed by atoms with Crippen LogP contribution < -0.4 is 27.8 Å². The summed E-state index contributed by atoms with van der Waals surface area (Å²) in [5.74, 6) is -6.88. The Morgan fingerprint density at radius 1 is 0.971 bits per heavy atom. The molecule has 0 bridgehead atoms. The number of rotatable bonds is 14. The Bertz CT molecular complexity index is 860. The van der Waals surface area contributed by atoms with E-state index >= 15 is 0 Å². The summed E-state index contributed by atoms with van der Waals surface area (Å²) in [4.78, 5) is 76.2. The highest BCUT2D eigenvalue weighted by molar-refractivity contribution is 5.95. The Kier molecular flexibility index (Phi) is 11.4. The van der Waals surface area contributed by atoms with Gasteiger partial charge in [0, 0.05) is 13.1 Å². The van der Waals surface area contributed by atoms with Gasteiger partial charge in [0.2, 0.25) is 17.7 Å². The predicted octanol–water partition coefficient (Wildman–Crippen LogP) is -3.64. The van der Waals surface area contributed by atoms with Gasteiger partial charge in [-0.25, -0.2) is 4.79 Å². The Hall–Kier alpha value is -3.95. The van der Waals surface area contributed by atoms with Crippen molar-refractivity contribution in [2.75, 3.05) is 13.1 Å². The molecular formula is C19H31N7O9. The van der Waals surface area contributed by atoms with Crippen molar-refractivity contribution < 1.29 is 44.1 Å². The first-order valence-electron chi connectivity index (χ1n) is 10.7. The van der Waals surface area contributed by atoms with E-state index in [4.69, 9.17) is 32.5 Å². The number of nitrogens with two attached hydrogens (primary N) is 3. The molecule has 0 aromatic carbocycles. The summed E-state index contributed by atoms with van der Waals surface area (Å²) in [6, 6.07) is -5.41. The fourth-order valence-corrected chi connectivity index (χ4v) is 3.47. The zero-order chi connectivity index (χ0) is 26.7. The van der Waals surface area contributed by atoms with Crippen LogP contribution in [0, 0.1) is 0 Å². The highest BCUT2D eigenvalue weighted by Gasteiger charge is 2.39. The van der Waals surface area contributed by atoms with Crippen LogP contribution in [0.15, 0.2) is 4.99 Å². The quantitative estimate of drug-likeness (QED) is 0.0650. The van der Waals surface area contributed by atoms with E-state index in [0.717, 1.165) is 4.90 Å². The number of nitrogens with zero attached hydrogens (tertiary/aromatic N) is 2. The first kappa shape index (κ1) is 29.1. The summed E-state index contributed by atoms with van der Waals surface area (Å²) in [5, 5.41) is 31.4. The lowest BCUT2D eigenvalue weighted by atomic mass is 10.1. The van der Waals surface area contributed by atoms with E-state index in [-0.39, 0.29) is 38.3 Å². The molecule has 4 atom stereocenters. The molecule has 1 aliphatic rings. The van der Waals surface area contributed by atoms with Crippen LogP contribution >= 0.6 is 0 Å². The van der Waals surface area contributed by atoms with E-state index in [2.05, 4.69) is 15.6 Å². The number of carbonyl (C=O) groups excluding carboxylic acids is 3. The Morgan fingerprint density at radius 3 is 2.14 bits per heavy atom. The Morgan fingerprint density at radius 2 is 1.60 bits per heavy atom. The maximum Gasteiger partial charge on any atom is 0.326 e. The molecule has 0 aromatic rings. The average molecular weight is 501 g/mol. The number of aliphatic carboxylic acids is 3. The standard InChI is InChI=1S/C19H31N7O9/c20-9(7-13(27)28)15(31)24-10(3-1-5-23-19(21)22)17(33)26-6-2-4-12(26)16(32)25-11(18(34)35)8-14(29)30/h9-12H,1-8,20H2,(H,24,31)(H,25,32)(H,27,28)(H,29,30)(H,34,35)(H4,21,22,23). The minimum atomic E-state index is -1.69. The molecule has 0 saturated carbocycles. The molecule has 0 aliphatic carbocycles. The molecule has 1 rings (SSSR count). The molecule has 0 spiro atoms. The third kappa shape index (κ3) is 9.83. The van der Waals surface area contributed by atoms with Crippen LogP contribution in [-0.2, 0) is 28.8 Å². The molecule has 3 amide bonds. The van der Waals surface area contributed by atoms with Crippen molar-refractivity contribution in [3.8, 4) is 0 Å². The van der Waals surface area contributed by atoms with Gasteiger partial charge in [-0.1, -0.05) is 0 Å². The van der Waals surface area contributed by atoms with Crippen molar-refractivity contribution in [2.24, 2.45) is 22.2 Å². The van der Waals surface area contributed by atoms with Gasteiger partial charge in [0.25, 0.3) is 0 Å². The van der Waals surface area contributed by atoms with Crippen molar-refractivity contribution in [1.29, 1.82) is 0 Å². The molecule has 16 nitrogen and oxygen atoms in total. The minimum absolute atomic E-state index is 0.0305. The molecule has 16 heteroatoms. The lowest BCUT2D eigenvalue weighted by molar-refractivity contribution is -0.148. The second-order valence-electron chi connectivity index (χ2n) is 7.90. The van der Waals surface area contributed by atoms with E-state index in [1.807, 2.05) is 0 Å². The highest BCUT2D eigenvalue weighted by Crippen LogP contribution is 2.20. The largest absolute Gasteiger partial charge is 0.481 e. The van der Waals surface area contributed by atoms with Crippen LogP contribution in [0.25, 0.3) is 0 Å². The fraction of sp³-hybridized carbons (Fsp3) is 0.632. The molecule has 0 aromatic heterocycles. The normalized spacial score (nSPS) is 17.5. The van der Waals surface area contributed by atoms with Gasteiger partial charge in [-0.2, -0.15) is 0 Å². The molecular weight excluding hydrogens is 470 g/mol. The molecule has 0 radical (unpaired) electrons. The molecule has 1 fully saturated rings. The van der Waals surface area contributed by atoms with Crippen LogP contribution in [0.5, 0.6) is 0 Å². The second kappa shape index (κ2) is 13.7. The summed E-state index contributed by atoms with van der Waals surface area (Å²) in [6.07, 6.45) is -0.671. The summed E-state index contributed by atoms with van der Waals surface area (Å²) in [6.45, 7) is 0.248. The predicted molar refractivity (Wildman–Crippen MR) is 119 cm³/mol. The number of carboxylic acid groups (broad SMARTS) is 3. The number of aliphatic imine (C=N–C) groups is 1. The number of hydrogen-bond donors (Lipinski definition) is 8. The molecule has 1 saturated heterocycles. The van der Waals surface area contributed by atoms with Crippen molar-refractivity contribution in [2.45, 2.75) is 62.7 Å². The molecule has 35 heavy (non-hydrogen) atoms. The van der Waals surface area contributed by atoms with Crippen LogP contribution in [0.3, 0.4) is 0 Å². The van der Waals surface area contributed by atoms with Gasteiger partial charge in [0.05, 0.1) is 18.9 Å². The van der Waals surface area contributed by atoms with Gasteiger partial charge in [-0.05, 0) is 25.7 Å². The lowest BCUT2D eigenvalue weighted by Crippen LogP contribution is -2.57. The van der Waals surface area contributed by atoms with Crippen molar-refractivity contribution in [1.82, 2.24) is 15.5 Å². The smallest absolute Gasteiger partial charge is 0.326 e. The van der Waals surface area contributed by atoms with Gasteiger partial charge in [0.15, 0.2) is 5.96 Å². The number of carbonyl (C=O) groups is 6. The molecule has 1 aliphatic heterocycles. The van der Waals surface area contributed by atoms with E-state index in [1.165, 1.54) is 0 Å². The summed E-state index contributed by atoms with van der Waals surface area (Å²) in [5.41, 5.74) is 16.1. The van der Waals surface area contributed by atoms with E-state index < -0.39 is 72.6 Å². The molecule has 11 N–H and O–H groups in total. The SMILES string of the molecule is NC(N)=NCCCC(NC(=O)C(N)CC(=O)O)C(=O)N1CCCC1C(=O)NC(CC(=O)O)C(=O)O. The van der Waals surface area contributed by atoms with Gasteiger partial charge in [-0.15, -0.1) is 0 Å². The molecule has 1 heterocycles. The number of nitrogens with one attached hydrogen (secondary N) is 2. The molecule has 4 unspecified atom stereocenters. The van der Waals surface area contributed by atoms with Gasteiger partial charge >= 0.3 is 17.9 Å². The summed E-state index contributed by atoms with van der Waals surface area (Å²) < 4.78 is 0. The molecule has 196 valence electrons. The minimum Gasteiger partial charge on any atom is -0.481 e. The maximum absolute atomic E-state index is 13.2. The Balaban J connectivity index is 3.00. The topological polar surface area (TPSA) is 281 Å². The van der Waals surface area contributed by atoms with Gasteiger partial charge < -0.3 is 48.1 Å². The van der Waals surface area contributed by atoms with E-state index in [9.17, 15) is 28.8 Å². The second-order valence-corrected chi connectivity index (χ2v) is 7.90. The number of carboxylic acids is 3. The van der Waals surface area contributed by atoms with Crippen LogP contribution in [-0.4, -0.2) is 99.1 Å². The van der Waals surface area contributed by atoms with E-state index in [1.54, 1.807) is 0 Å². The number of guanidine groups is 1. The first-order valence-corrected chi connectivity index (χ1v) is 10.7. The summed E-state index contributed by atoms with van der Waals surface area (Å²) in [7, 11) is 0. The third-order valence-electron chi connectivity index (χ3n) is 5.12. The average Bonchev–Trinajstić information content (AvgIpc) is 3.23. The zero-order valence-corrected chi connectivity index (χ0v) is 18.9. The first-order chi connectivity index (χ1) is 16.3. The monoisotopic (exact) mass is 501 g/mol. The number of likely N-dealkylation sites (tertiary alicyclic amines) is 1. The Labute approximate surface area is 199 Å². The third-order valence-corrected chi connectivity index (χ3v) is 5.12. The van der Waals surface area contributed by atoms with Gasteiger partial charge in [0.1, 0.15) is 18.1 Å². The van der Waals surface area contributed by atoms with Gasteiger partial charge in [-0.3, -0.25) is 29.0 Å². The van der Waals surface area contributed by atoms with Crippen molar-refractivity contribution in [3.63, 3.8) is 0 Å². The highest BCUT2D eigenvalue weighted by atomic mass is 16.4. The number of amides is 3. The van der Waals surface area contributed by atoms with Crippen LogP contribution in [0.4, 0.5) is 0 Å². The van der Waals surface area contributed by atoms with Crippen LogP contribution in [0.2, 0.25) is 0 Å². The fourth-order valence-electron chi connectivity index (χ4n) is 3.47. The zero-order valence-electron chi connectivity index (χ0n) is 18.9. The maximum atomic E-state index is 13.2. The van der Waals surface area contributed by atoms with E-state index in [0.29, 0.717) is 6.42 Å². The van der Waals surface area contributed by atoms with Crippen molar-refractivity contribution >= 4 is 41.6 Å².